The summed E-state index contributed by atoms with van der Waals surface area (Å²) in [7, 11) is -3.97. The van der Waals surface area contributed by atoms with Crippen LogP contribution in [-0.2, 0) is 14.8 Å². The first kappa shape index (κ1) is 17.6. The number of rotatable bonds is 5. The van der Waals surface area contributed by atoms with Crippen molar-refractivity contribution in [3.8, 4) is 0 Å². The lowest BCUT2D eigenvalue weighted by molar-refractivity contribution is -0.384. The molecule has 0 amide bonds. The maximum absolute atomic E-state index is 11.3. The Bertz CT molecular complexity index is 682. The van der Waals surface area contributed by atoms with E-state index in [0.29, 0.717) is 12.5 Å². The van der Waals surface area contributed by atoms with Crippen LogP contribution in [0.25, 0.3) is 0 Å². The van der Waals surface area contributed by atoms with Crippen LogP contribution < -0.4 is 10.5 Å². The molecular formula is C14H21N3O5S. The summed E-state index contributed by atoms with van der Waals surface area (Å²) in [5.41, 5.74) is -0.0149. The van der Waals surface area contributed by atoms with E-state index in [0.717, 1.165) is 18.9 Å². The second-order valence-corrected chi connectivity index (χ2v) is 7.52. The van der Waals surface area contributed by atoms with Gasteiger partial charge in [-0.1, -0.05) is 0 Å². The first-order chi connectivity index (χ1) is 10.7. The van der Waals surface area contributed by atoms with Crippen molar-refractivity contribution in [3.05, 3.63) is 28.3 Å². The van der Waals surface area contributed by atoms with Gasteiger partial charge >= 0.3 is 0 Å². The van der Waals surface area contributed by atoms with E-state index in [2.05, 4.69) is 5.32 Å². The van der Waals surface area contributed by atoms with Crippen molar-refractivity contribution < 1.29 is 18.1 Å². The SMILES string of the molecule is C[C@@H]1CC(CNc2ccc(S(N)(=O)=O)cc2[N+](=O)[O-])C[C@H](C)O1. The van der Waals surface area contributed by atoms with Crippen molar-refractivity contribution in [2.45, 2.75) is 43.8 Å². The van der Waals surface area contributed by atoms with Gasteiger partial charge in [-0.05, 0) is 44.7 Å². The molecule has 9 heteroatoms. The van der Waals surface area contributed by atoms with Gasteiger partial charge in [-0.2, -0.15) is 0 Å². The summed E-state index contributed by atoms with van der Waals surface area (Å²) in [6.07, 6.45) is 2.07. The largest absolute Gasteiger partial charge is 0.379 e. The third kappa shape index (κ3) is 4.63. The maximum Gasteiger partial charge on any atom is 0.293 e. The van der Waals surface area contributed by atoms with Crippen molar-refractivity contribution >= 4 is 21.4 Å². The lowest BCUT2D eigenvalue weighted by Crippen LogP contribution is -2.32. The Kier molecular flexibility index (Phi) is 5.23. The van der Waals surface area contributed by atoms with Crippen LogP contribution in [-0.4, -0.2) is 32.1 Å². The Morgan fingerprint density at radius 2 is 1.96 bits per heavy atom. The fourth-order valence-electron chi connectivity index (χ4n) is 2.95. The Labute approximate surface area is 135 Å². The molecule has 1 unspecified atom stereocenters. The molecule has 0 radical (unpaired) electrons. The molecule has 2 rings (SSSR count). The Balaban J connectivity index is 2.15. The number of primary sulfonamides is 1. The highest BCUT2D eigenvalue weighted by molar-refractivity contribution is 7.89. The third-order valence-corrected chi connectivity index (χ3v) is 4.78. The predicted octanol–water partition coefficient (Wildman–Crippen LogP) is 1.86. The third-order valence-electron chi connectivity index (χ3n) is 3.87. The van der Waals surface area contributed by atoms with Gasteiger partial charge in [0.05, 0.1) is 22.0 Å². The molecule has 1 aromatic rings. The van der Waals surface area contributed by atoms with Gasteiger partial charge < -0.3 is 10.1 Å². The molecule has 0 bridgehead atoms. The number of hydrogen-bond acceptors (Lipinski definition) is 6. The summed E-state index contributed by atoms with van der Waals surface area (Å²) in [5, 5.41) is 19.2. The number of anilines is 1. The van der Waals surface area contributed by atoms with Crippen molar-refractivity contribution in [2.24, 2.45) is 11.1 Å². The van der Waals surface area contributed by atoms with Gasteiger partial charge in [0.15, 0.2) is 0 Å². The average Bonchev–Trinajstić information content (AvgIpc) is 2.42. The minimum absolute atomic E-state index is 0.158. The van der Waals surface area contributed by atoms with E-state index < -0.39 is 14.9 Å². The molecule has 1 saturated heterocycles. The van der Waals surface area contributed by atoms with Gasteiger partial charge in [0.2, 0.25) is 10.0 Å². The Hall–Kier alpha value is -1.71. The number of benzene rings is 1. The molecule has 8 nitrogen and oxygen atoms in total. The lowest BCUT2D eigenvalue weighted by Gasteiger charge is -2.32. The minimum Gasteiger partial charge on any atom is -0.379 e. The molecule has 0 spiro atoms. The van der Waals surface area contributed by atoms with E-state index in [9.17, 15) is 18.5 Å². The minimum atomic E-state index is -3.97. The number of ether oxygens (including phenoxy) is 1. The number of sulfonamides is 1. The highest BCUT2D eigenvalue weighted by Crippen LogP contribution is 2.29. The van der Waals surface area contributed by atoms with Gasteiger partial charge in [0.25, 0.3) is 5.69 Å². The number of nitro groups is 1. The highest BCUT2D eigenvalue weighted by Gasteiger charge is 2.25. The lowest BCUT2D eigenvalue weighted by atomic mass is 9.92. The average molecular weight is 343 g/mol. The molecule has 128 valence electrons. The van der Waals surface area contributed by atoms with E-state index in [1.807, 2.05) is 13.8 Å². The summed E-state index contributed by atoms with van der Waals surface area (Å²) in [6, 6.07) is 3.62. The number of nitrogens with two attached hydrogens (primary N) is 1. The van der Waals surface area contributed by atoms with E-state index in [-0.39, 0.29) is 28.5 Å². The highest BCUT2D eigenvalue weighted by atomic mass is 32.2. The fourth-order valence-corrected chi connectivity index (χ4v) is 3.49. The summed E-state index contributed by atoms with van der Waals surface area (Å²) in [5.74, 6) is 0.339. The normalized spacial score (nSPS) is 25.1. The summed E-state index contributed by atoms with van der Waals surface area (Å²) in [6.45, 7) is 4.58. The summed E-state index contributed by atoms with van der Waals surface area (Å²) in [4.78, 5) is 10.3. The zero-order valence-electron chi connectivity index (χ0n) is 13.1. The van der Waals surface area contributed by atoms with Crippen LogP contribution in [0.2, 0.25) is 0 Å². The van der Waals surface area contributed by atoms with Crippen LogP contribution in [0.4, 0.5) is 11.4 Å². The van der Waals surface area contributed by atoms with E-state index in [4.69, 9.17) is 9.88 Å². The first-order valence-electron chi connectivity index (χ1n) is 7.37. The van der Waals surface area contributed by atoms with Gasteiger partial charge in [-0.25, -0.2) is 13.6 Å². The van der Waals surface area contributed by atoms with Gasteiger partial charge in [-0.15, -0.1) is 0 Å². The van der Waals surface area contributed by atoms with Crippen LogP contribution >= 0.6 is 0 Å². The zero-order valence-corrected chi connectivity index (χ0v) is 13.9. The molecule has 3 atom stereocenters. The summed E-state index contributed by atoms with van der Waals surface area (Å²) < 4.78 is 28.3. The molecular weight excluding hydrogens is 322 g/mol. The second kappa shape index (κ2) is 6.81. The molecule has 1 fully saturated rings. The van der Waals surface area contributed by atoms with Crippen LogP contribution in [0.5, 0.6) is 0 Å². The molecule has 1 heterocycles. The Morgan fingerprint density at radius 3 is 2.48 bits per heavy atom. The molecule has 0 saturated carbocycles. The van der Waals surface area contributed by atoms with E-state index in [1.54, 1.807) is 0 Å². The monoisotopic (exact) mass is 343 g/mol. The first-order valence-corrected chi connectivity index (χ1v) is 8.92. The van der Waals surface area contributed by atoms with Crippen LogP contribution in [0, 0.1) is 16.0 Å². The van der Waals surface area contributed by atoms with E-state index in [1.165, 1.54) is 12.1 Å². The summed E-state index contributed by atoms with van der Waals surface area (Å²) >= 11 is 0. The number of nitrogens with one attached hydrogen (secondary N) is 1. The van der Waals surface area contributed by atoms with Crippen LogP contribution in [0.3, 0.4) is 0 Å². The Morgan fingerprint density at radius 1 is 1.35 bits per heavy atom. The standard InChI is InChI=1S/C14H21N3O5S/c1-9-5-11(6-10(2)22-9)8-16-13-4-3-12(23(15,20)21)7-14(13)17(18)19/h3-4,7,9-11,16H,5-6,8H2,1-2H3,(H2,15,20,21)/t9-,10+,11?. The predicted molar refractivity (Wildman–Crippen MR) is 85.7 cm³/mol. The van der Waals surface area contributed by atoms with Gasteiger partial charge in [0.1, 0.15) is 5.69 Å². The molecule has 0 aromatic heterocycles. The van der Waals surface area contributed by atoms with Crippen molar-refractivity contribution in [3.63, 3.8) is 0 Å². The second-order valence-electron chi connectivity index (χ2n) is 5.96. The smallest absolute Gasteiger partial charge is 0.293 e. The van der Waals surface area contributed by atoms with Gasteiger partial charge in [-0.3, -0.25) is 10.1 Å². The molecule has 1 aliphatic rings. The molecule has 3 N–H and O–H groups in total. The van der Waals surface area contributed by atoms with Crippen molar-refractivity contribution in [2.75, 3.05) is 11.9 Å². The fraction of sp³-hybridized carbons (Fsp3) is 0.571. The van der Waals surface area contributed by atoms with Crippen LogP contribution in [0.15, 0.2) is 23.1 Å². The molecule has 1 aliphatic heterocycles. The quantitative estimate of drug-likeness (QED) is 0.621. The van der Waals surface area contributed by atoms with Crippen LogP contribution in [0.1, 0.15) is 26.7 Å². The maximum atomic E-state index is 11.3. The molecule has 1 aromatic carbocycles. The van der Waals surface area contributed by atoms with Crippen molar-refractivity contribution in [1.29, 1.82) is 0 Å². The van der Waals surface area contributed by atoms with E-state index >= 15 is 0 Å². The number of nitrogens with zero attached hydrogens (tertiary/aromatic N) is 1. The molecule has 0 aliphatic carbocycles. The zero-order chi connectivity index (χ0) is 17.2. The molecule has 23 heavy (non-hydrogen) atoms. The van der Waals surface area contributed by atoms with Crippen molar-refractivity contribution in [1.82, 2.24) is 0 Å². The number of nitro benzene ring substituents is 1. The topological polar surface area (TPSA) is 125 Å². The number of hydrogen-bond donors (Lipinski definition) is 2. The van der Waals surface area contributed by atoms with Gasteiger partial charge in [0, 0.05) is 12.6 Å².